The second-order valence-electron chi connectivity index (χ2n) is 8.87. The first-order valence-corrected chi connectivity index (χ1v) is 11.1. The topological polar surface area (TPSA) is 197 Å². The zero-order valence-electron chi connectivity index (χ0n) is 19.8. The Labute approximate surface area is 190 Å². The normalized spacial score (nSPS) is 16.1. The molecule has 0 spiro atoms. The van der Waals surface area contributed by atoms with E-state index in [1.54, 1.807) is 13.8 Å². The lowest BCUT2D eigenvalue weighted by molar-refractivity contribution is -0.143. The Morgan fingerprint density at radius 1 is 0.844 bits per heavy atom. The van der Waals surface area contributed by atoms with Gasteiger partial charge in [-0.2, -0.15) is 0 Å². The summed E-state index contributed by atoms with van der Waals surface area (Å²) >= 11 is 0. The maximum atomic E-state index is 12.9. The van der Waals surface area contributed by atoms with Crippen LogP contribution in [0, 0.1) is 11.8 Å². The second kappa shape index (κ2) is 14.8. The van der Waals surface area contributed by atoms with E-state index >= 15 is 0 Å². The fraction of sp³-hybridized carbons (Fsp3) is 0.810. The highest BCUT2D eigenvalue weighted by atomic mass is 16.4. The lowest BCUT2D eigenvalue weighted by Gasteiger charge is -2.28. The van der Waals surface area contributed by atoms with Crippen molar-refractivity contribution in [2.45, 2.75) is 90.6 Å². The molecule has 0 aromatic carbocycles. The van der Waals surface area contributed by atoms with Gasteiger partial charge in [-0.25, -0.2) is 4.79 Å². The van der Waals surface area contributed by atoms with Crippen molar-refractivity contribution in [3.8, 4) is 0 Å². The number of aliphatic hydroxyl groups is 1. The summed E-state index contributed by atoms with van der Waals surface area (Å²) in [4.78, 5) is 49.4. The highest BCUT2D eigenvalue weighted by Crippen LogP contribution is 2.10. The first-order valence-electron chi connectivity index (χ1n) is 11.1. The van der Waals surface area contributed by atoms with Crippen LogP contribution in [0.4, 0.5) is 0 Å². The molecular formula is C21H41N5O6. The van der Waals surface area contributed by atoms with Crippen molar-refractivity contribution >= 4 is 23.7 Å². The number of carboxylic acid groups (broad SMARTS) is 1. The van der Waals surface area contributed by atoms with Gasteiger partial charge in [0.05, 0.1) is 6.10 Å². The number of nitrogens with one attached hydrogen (secondary N) is 3. The molecule has 0 aliphatic heterocycles. The molecule has 0 saturated heterocycles. The molecule has 9 N–H and O–H groups in total. The van der Waals surface area contributed by atoms with E-state index in [9.17, 15) is 29.4 Å². The summed E-state index contributed by atoms with van der Waals surface area (Å²) in [5, 5.41) is 26.6. The first-order chi connectivity index (χ1) is 14.8. The van der Waals surface area contributed by atoms with Gasteiger partial charge in [-0.15, -0.1) is 0 Å². The van der Waals surface area contributed by atoms with Crippen LogP contribution < -0.4 is 27.4 Å². The number of carboxylic acids is 1. The fourth-order valence-corrected chi connectivity index (χ4v) is 2.99. The van der Waals surface area contributed by atoms with Crippen molar-refractivity contribution in [3.05, 3.63) is 0 Å². The summed E-state index contributed by atoms with van der Waals surface area (Å²) in [7, 11) is 0. The molecule has 0 fully saturated rings. The number of aliphatic carboxylic acids is 1. The third-order valence-electron chi connectivity index (χ3n) is 4.97. The van der Waals surface area contributed by atoms with Gasteiger partial charge in [-0.1, -0.05) is 27.7 Å². The number of nitrogens with two attached hydrogens (primary N) is 2. The predicted octanol–water partition coefficient (Wildman–Crippen LogP) is -0.935. The zero-order chi connectivity index (χ0) is 25.0. The highest BCUT2D eigenvalue weighted by molar-refractivity contribution is 5.94. The quantitative estimate of drug-likeness (QED) is 0.152. The summed E-state index contributed by atoms with van der Waals surface area (Å²) in [5.41, 5.74) is 11.1. The van der Waals surface area contributed by atoms with E-state index in [4.69, 9.17) is 11.5 Å². The lowest BCUT2D eigenvalue weighted by atomic mass is 9.99. The van der Waals surface area contributed by atoms with Crippen LogP contribution in [-0.4, -0.2) is 70.7 Å². The number of amides is 3. The van der Waals surface area contributed by atoms with Gasteiger partial charge in [0.15, 0.2) is 0 Å². The minimum absolute atomic E-state index is 0.0408. The smallest absolute Gasteiger partial charge is 0.326 e. The highest BCUT2D eigenvalue weighted by Gasteiger charge is 2.32. The number of unbranched alkanes of at least 4 members (excludes halogenated alkanes) is 1. The average molecular weight is 460 g/mol. The SMILES string of the molecule is CC(C)CC(NC(=O)C(N)C(C)O)C(=O)NC(C(=O)NC(CCCCN)C(=O)O)C(C)C. The standard InChI is InChI=1S/C21H41N5O6/c1-11(2)10-15(25-19(29)16(23)13(5)27)18(28)26-17(12(3)4)20(30)24-14(21(31)32)8-6-7-9-22/h11-17,27H,6-10,22-23H2,1-5H3,(H,24,30)(H,25,29)(H,26,28)(H,31,32). The van der Waals surface area contributed by atoms with E-state index in [1.165, 1.54) is 6.92 Å². The molecule has 0 aliphatic rings. The van der Waals surface area contributed by atoms with Gasteiger partial charge < -0.3 is 37.6 Å². The fourth-order valence-electron chi connectivity index (χ4n) is 2.99. The van der Waals surface area contributed by atoms with Crippen molar-refractivity contribution in [3.63, 3.8) is 0 Å². The molecule has 0 aliphatic carbocycles. The zero-order valence-corrected chi connectivity index (χ0v) is 19.8. The molecule has 0 saturated carbocycles. The van der Waals surface area contributed by atoms with Crippen LogP contribution in [0.25, 0.3) is 0 Å². The predicted molar refractivity (Wildman–Crippen MR) is 120 cm³/mol. The van der Waals surface area contributed by atoms with Crippen LogP contribution >= 0.6 is 0 Å². The average Bonchev–Trinajstić information content (AvgIpc) is 2.68. The summed E-state index contributed by atoms with van der Waals surface area (Å²) in [6.07, 6.45) is 0.584. The monoisotopic (exact) mass is 459 g/mol. The number of hydrogen-bond acceptors (Lipinski definition) is 7. The van der Waals surface area contributed by atoms with E-state index in [0.29, 0.717) is 19.4 Å². The minimum Gasteiger partial charge on any atom is -0.480 e. The van der Waals surface area contributed by atoms with E-state index in [-0.39, 0.29) is 24.7 Å². The first kappa shape index (κ1) is 29.8. The summed E-state index contributed by atoms with van der Waals surface area (Å²) < 4.78 is 0. The van der Waals surface area contributed by atoms with Gasteiger partial charge in [-0.3, -0.25) is 14.4 Å². The van der Waals surface area contributed by atoms with E-state index in [1.807, 2.05) is 13.8 Å². The molecule has 32 heavy (non-hydrogen) atoms. The Bertz CT molecular complexity index is 626. The summed E-state index contributed by atoms with van der Waals surface area (Å²) in [5.74, 6) is -3.36. The molecule has 0 aromatic rings. The van der Waals surface area contributed by atoms with Gasteiger partial charge in [0.1, 0.15) is 24.2 Å². The van der Waals surface area contributed by atoms with Crippen molar-refractivity contribution in [2.75, 3.05) is 6.54 Å². The molecule has 0 heterocycles. The van der Waals surface area contributed by atoms with Crippen LogP contribution in [0.15, 0.2) is 0 Å². The molecule has 5 unspecified atom stereocenters. The Morgan fingerprint density at radius 2 is 1.41 bits per heavy atom. The Kier molecular flexibility index (Phi) is 13.7. The van der Waals surface area contributed by atoms with Crippen molar-refractivity contribution in [1.29, 1.82) is 0 Å². The van der Waals surface area contributed by atoms with Gasteiger partial charge in [0.25, 0.3) is 0 Å². The largest absolute Gasteiger partial charge is 0.480 e. The van der Waals surface area contributed by atoms with Crippen LogP contribution in [0.5, 0.6) is 0 Å². The molecule has 3 amide bonds. The maximum Gasteiger partial charge on any atom is 0.326 e. The number of rotatable bonds is 15. The van der Waals surface area contributed by atoms with Crippen molar-refractivity contribution < 1.29 is 29.4 Å². The maximum absolute atomic E-state index is 12.9. The number of aliphatic hydroxyl groups excluding tert-OH is 1. The van der Waals surface area contributed by atoms with Crippen LogP contribution in [-0.2, 0) is 19.2 Å². The van der Waals surface area contributed by atoms with E-state index in [0.717, 1.165) is 0 Å². The number of carbonyl (C=O) groups excluding carboxylic acids is 3. The molecule has 0 aromatic heterocycles. The molecule has 0 bridgehead atoms. The summed E-state index contributed by atoms with van der Waals surface area (Å²) in [6, 6.07) is -4.27. The van der Waals surface area contributed by atoms with Crippen molar-refractivity contribution in [1.82, 2.24) is 16.0 Å². The van der Waals surface area contributed by atoms with Gasteiger partial charge in [0.2, 0.25) is 17.7 Å². The third-order valence-corrected chi connectivity index (χ3v) is 4.97. The Hall–Kier alpha value is -2.24. The summed E-state index contributed by atoms with van der Waals surface area (Å²) in [6.45, 7) is 8.96. The van der Waals surface area contributed by atoms with Gasteiger partial charge >= 0.3 is 5.97 Å². The third kappa shape index (κ3) is 10.9. The minimum atomic E-state index is -1.20. The second-order valence-corrected chi connectivity index (χ2v) is 8.87. The molecule has 5 atom stereocenters. The van der Waals surface area contributed by atoms with Crippen molar-refractivity contribution in [2.24, 2.45) is 23.3 Å². The van der Waals surface area contributed by atoms with Crippen LogP contribution in [0.3, 0.4) is 0 Å². The van der Waals surface area contributed by atoms with Crippen LogP contribution in [0.1, 0.15) is 60.3 Å². The molecule has 0 rings (SSSR count). The number of carbonyl (C=O) groups is 4. The molecule has 11 nitrogen and oxygen atoms in total. The van der Waals surface area contributed by atoms with Gasteiger partial charge in [-0.05, 0) is 51.0 Å². The van der Waals surface area contributed by atoms with E-state index in [2.05, 4.69) is 16.0 Å². The number of hydrogen-bond donors (Lipinski definition) is 7. The Balaban J connectivity index is 5.37. The van der Waals surface area contributed by atoms with E-state index < -0.39 is 54.0 Å². The molecular weight excluding hydrogens is 418 g/mol. The molecule has 0 radical (unpaired) electrons. The molecule has 11 heteroatoms. The van der Waals surface area contributed by atoms with Crippen LogP contribution in [0.2, 0.25) is 0 Å². The lowest BCUT2D eigenvalue weighted by Crippen LogP contribution is -2.59. The van der Waals surface area contributed by atoms with Gasteiger partial charge in [0, 0.05) is 0 Å². The molecule has 186 valence electrons. The Morgan fingerprint density at radius 3 is 1.84 bits per heavy atom.